The van der Waals surface area contributed by atoms with E-state index in [1.54, 1.807) is 12.1 Å². The first-order chi connectivity index (χ1) is 9.39. The van der Waals surface area contributed by atoms with Crippen LogP contribution >= 0.6 is 0 Å². The first-order valence-electron chi connectivity index (χ1n) is 6.65. The molecular formula is C17H20FNO. The number of nitrogen functional groups attached to an aromatic ring is 1. The highest BCUT2D eigenvalue weighted by Crippen LogP contribution is 2.31. The second-order valence-electron chi connectivity index (χ2n) is 5.84. The molecule has 2 nitrogen and oxygen atoms in total. The Kier molecular flexibility index (Phi) is 3.98. The molecule has 0 spiro atoms. The third-order valence-corrected chi connectivity index (χ3v) is 3.22. The quantitative estimate of drug-likeness (QED) is 0.847. The van der Waals surface area contributed by atoms with Gasteiger partial charge in [0.25, 0.3) is 0 Å². The van der Waals surface area contributed by atoms with Crippen LogP contribution in [0.4, 0.5) is 10.1 Å². The van der Waals surface area contributed by atoms with Crippen LogP contribution in [0.5, 0.6) is 5.75 Å². The first kappa shape index (κ1) is 14.4. The maximum Gasteiger partial charge on any atom is 0.131 e. The first-order valence-corrected chi connectivity index (χ1v) is 6.65. The molecule has 0 unspecified atom stereocenters. The largest absolute Gasteiger partial charge is 0.488 e. The van der Waals surface area contributed by atoms with E-state index >= 15 is 0 Å². The van der Waals surface area contributed by atoms with Gasteiger partial charge in [0.1, 0.15) is 18.2 Å². The van der Waals surface area contributed by atoms with Crippen molar-refractivity contribution in [2.75, 3.05) is 5.73 Å². The summed E-state index contributed by atoms with van der Waals surface area (Å²) >= 11 is 0. The van der Waals surface area contributed by atoms with Gasteiger partial charge in [-0.1, -0.05) is 45.0 Å². The summed E-state index contributed by atoms with van der Waals surface area (Å²) in [7, 11) is 0. The van der Waals surface area contributed by atoms with Gasteiger partial charge < -0.3 is 10.5 Å². The van der Waals surface area contributed by atoms with Crippen molar-refractivity contribution in [3.05, 3.63) is 59.4 Å². The fraction of sp³-hybridized carbons (Fsp3) is 0.294. The highest BCUT2D eigenvalue weighted by atomic mass is 19.1. The van der Waals surface area contributed by atoms with Gasteiger partial charge >= 0.3 is 0 Å². The predicted octanol–water partition coefficient (Wildman–Crippen LogP) is 4.28. The molecule has 106 valence electrons. The summed E-state index contributed by atoms with van der Waals surface area (Å²) in [5, 5.41) is 0. The molecule has 0 saturated heterocycles. The van der Waals surface area contributed by atoms with E-state index in [1.807, 2.05) is 24.3 Å². The number of anilines is 1. The minimum atomic E-state index is -0.335. The van der Waals surface area contributed by atoms with E-state index < -0.39 is 0 Å². The van der Waals surface area contributed by atoms with E-state index in [4.69, 9.17) is 10.5 Å². The van der Waals surface area contributed by atoms with Gasteiger partial charge in [0.2, 0.25) is 0 Å². The highest BCUT2D eigenvalue weighted by Gasteiger charge is 2.18. The summed E-state index contributed by atoms with van der Waals surface area (Å²) in [4.78, 5) is 0. The van der Waals surface area contributed by atoms with Crippen molar-refractivity contribution in [1.82, 2.24) is 0 Å². The zero-order chi connectivity index (χ0) is 14.8. The average molecular weight is 273 g/mol. The van der Waals surface area contributed by atoms with E-state index in [0.717, 1.165) is 11.3 Å². The Balaban J connectivity index is 2.24. The molecule has 0 bridgehead atoms. The molecule has 0 amide bonds. The number of benzene rings is 2. The summed E-state index contributed by atoms with van der Waals surface area (Å²) in [5.74, 6) is 0.431. The molecule has 0 radical (unpaired) electrons. The topological polar surface area (TPSA) is 35.2 Å². The number of ether oxygens (including phenoxy) is 1. The average Bonchev–Trinajstić information content (AvgIpc) is 2.37. The molecule has 0 aliphatic carbocycles. The van der Waals surface area contributed by atoms with E-state index in [0.29, 0.717) is 11.3 Å². The smallest absolute Gasteiger partial charge is 0.131 e. The lowest BCUT2D eigenvalue weighted by Gasteiger charge is -2.22. The lowest BCUT2D eigenvalue weighted by atomic mass is 9.86. The number of halogens is 1. The summed E-state index contributed by atoms with van der Waals surface area (Å²) in [6.07, 6.45) is 0. The van der Waals surface area contributed by atoms with Crippen LogP contribution in [0.25, 0.3) is 0 Å². The molecule has 0 atom stereocenters. The molecule has 2 rings (SSSR count). The highest BCUT2D eigenvalue weighted by molar-refractivity contribution is 5.47. The summed E-state index contributed by atoms with van der Waals surface area (Å²) in [6, 6.07) is 12.5. The molecule has 0 heterocycles. The zero-order valence-corrected chi connectivity index (χ0v) is 12.1. The Hall–Kier alpha value is -2.03. The molecule has 0 aliphatic rings. The Morgan fingerprint density at radius 1 is 1.05 bits per heavy atom. The third-order valence-electron chi connectivity index (χ3n) is 3.22. The number of nitrogens with two attached hydrogens (primary N) is 1. The van der Waals surface area contributed by atoms with E-state index in [1.165, 1.54) is 6.07 Å². The molecule has 20 heavy (non-hydrogen) atoms. The Bertz CT molecular complexity index is 582. The van der Waals surface area contributed by atoms with Crippen LogP contribution in [-0.4, -0.2) is 0 Å². The molecule has 2 aromatic rings. The van der Waals surface area contributed by atoms with E-state index in [9.17, 15) is 4.39 Å². The lowest BCUT2D eigenvalue weighted by molar-refractivity contribution is 0.292. The fourth-order valence-corrected chi connectivity index (χ4v) is 2.09. The monoisotopic (exact) mass is 273 g/mol. The van der Waals surface area contributed by atoms with Gasteiger partial charge in [-0.05, 0) is 29.2 Å². The van der Waals surface area contributed by atoms with Crippen LogP contribution in [-0.2, 0) is 12.0 Å². The van der Waals surface area contributed by atoms with Gasteiger partial charge in [-0.2, -0.15) is 0 Å². The van der Waals surface area contributed by atoms with Crippen LogP contribution in [0.1, 0.15) is 31.9 Å². The Morgan fingerprint density at radius 3 is 2.40 bits per heavy atom. The minimum absolute atomic E-state index is 0.0304. The van der Waals surface area contributed by atoms with Crippen LogP contribution in [0, 0.1) is 5.82 Å². The van der Waals surface area contributed by atoms with Crippen molar-refractivity contribution in [2.24, 2.45) is 0 Å². The van der Waals surface area contributed by atoms with Gasteiger partial charge in [0.15, 0.2) is 0 Å². The molecule has 3 heteroatoms. The molecule has 2 aromatic carbocycles. The van der Waals surface area contributed by atoms with Crippen molar-refractivity contribution in [3.63, 3.8) is 0 Å². The molecule has 0 aliphatic heterocycles. The predicted molar refractivity (Wildman–Crippen MR) is 80.3 cm³/mol. The molecular weight excluding hydrogens is 253 g/mol. The fourth-order valence-electron chi connectivity index (χ4n) is 2.09. The number of rotatable bonds is 3. The molecule has 2 N–H and O–H groups in total. The van der Waals surface area contributed by atoms with Gasteiger partial charge in [-0.25, -0.2) is 4.39 Å². The summed E-state index contributed by atoms with van der Waals surface area (Å²) < 4.78 is 19.5. The van der Waals surface area contributed by atoms with E-state index in [2.05, 4.69) is 20.8 Å². The SMILES string of the molecule is CC(C)(C)c1ccccc1OCc1c(N)cccc1F. The second-order valence-corrected chi connectivity index (χ2v) is 5.84. The standard InChI is InChI=1S/C17H20FNO/c1-17(2,3)13-7-4-5-10-16(13)20-11-12-14(18)8-6-9-15(12)19/h4-10H,11,19H2,1-3H3. The van der Waals surface area contributed by atoms with Crippen molar-refractivity contribution in [2.45, 2.75) is 32.8 Å². The van der Waals surface area contributed by atoms with Crippen molar-refractivity contribution in [1.29, 1.82) is 0 Å². The maximum atomic E-state index is 13.7. The zero-order valence-electron chi connectivity index (χ0n) is 12.1. The third kappa shape index (κ3) is 3.10. The molecule has 0 aromatic heterocycles. The van der Waals surface area contributed by atoms with Gasteiger partial charge in [-0.15, -0.1) is 0 Å². The summed E-state index contributed by atoms with van der Waals surface area (Å²) in [5.41, 5.74) is 7.67. The Morgan fingerprint density at radius 2 is 1.75 bits per heavy atom. The van der Waals surface area contributed by atoms with Gasteiger partial charge in [-0.3, -0.25) is 0 Å². The minimum Gasteiger partial charge on any atom is -0.488 e. The number of hydrogen-bond donors (Lipinski definition) is 1. The van der Waals surface area contributed by atoms with Crippen LogP contribution in [0.15, 0.2) is 42.5 Å². The number of para-hydroxylation sites is 1. The van der Waals surface area contributed by atoms with Crippen LogP contribution in [0.3, 0.4) is 0 Å². The van der Waals surface area contributed by atoms with E-state index in [-0.39, 0.29) is 17.8 Å². The lowest BCUT2D eigenvalue weighted by Crippen LogP contribution is -2.13. The molecule has 0 fully saturated rings. The maximum absolute atomic E-state index is 13.7. The van der Waals surface area contributed by atoms with Crippen molar-refractivity contribution >= 4 is 5.69 Å². The van der Waals surface area contributed by atoms with Crippen molar-refractivity contribution < 1.29 is 9.13 Å². The van der Waals surface area contributed by atoms with Gasteiger partial charge in [0, 0.05) is 11.3 Å². The van der Waals surface area contributed by atoms with Crippen LogP contribution in [0.2, 0.25) is 0 Å². The van der Waals surface area contributed by atoms with Crippen LogP contribution < -0.4 is 10.5 Å². The number of hydrogen-bond acceptors (Lipinski definition) is 2. The second kappa shape index (κ2) is 5.53. The van der Waals surface area contributed by atoms with Gasteiger partial charge in [0.05, 0.1) is 0 Å². The Labute approximate surface area is 119 Å². The van der Waals surface area contributed by atoms with Crippen molar-refractivity contribution in [3.8, 4) is 5.75 Å². The molecule has 0 saturated carbocycles. The summed E-state index contributed by atoms with van der Waals surface area (Å²) in [6.45, 7) is 6.48. The normalized spacial score (nSPS) is 11.4.